The summed E-state index contributed by atoms with van der Waals surface area (Å²) in [5.74, 6) is 0.915. The van der Waals surface area contributed by atoms with Gasteiger partial charge in [-0.1, -0.05) is 35.9 Å². The quantitative estimate of drug-likeness (QED) is 0.453. The molecule has 0 fully saturated rings. The van der Waals surface area contributed by atoms with Crippen LogP contribution in [0.25, 0.3) is 11.1 Å². The molecule has 0 aliphatic carbocycles. The lowest BCUT2D eigenvalue weighted by Gasteiger charge is -2.11. The first kappa shape index (κ1) is 17.5. The summed E-state index contributed by atoms with van der Waals surface area (Å²) in [6, 6.07) is 22.0. The van der Waals surface area contributed by atoms with Gasteiger partial charge in [-0.2, -0.15) is 0 Å². The molecule has 0 aromatic heterocycles. The zero-order valence-corrected chi connectivity index (χ0v) is 15.0. The van der Waals surface area contributed by atoms with E-state index < -0.39 is 0 Å². The molecule has 4 nitrogen and oxygen atoms in total. The number of hydrogen-bond donors (Lipinski definition) is 3. The maximum atomic E-state index is 7.62. The van der Waals surface area contributed by atoms with Crippen LogP contribution in [-0.4, -0.2) is 12.9 Å². The van der Waals surface area contributed by atoms with Gasteiger partial charge in [-0.3, -0.25) is 5.41 Å². The number of amidine groups is 1. The second-order valence-corrected chi connectivity index (χ2v) is 6.26. The predicted molar refractivity (Wildman–Crippen MR) is 108 cm³/mol. The van der Waals surface area contributed by atoms with Crippen LogP contribution in [0.4, 0.5) is 5.69 Å². The van der Waals surface area contributed by atoms with Gasteiger partial charge in [-0.15, -0.1) is 0 Å². The van der Waals surface area contributed by atoms with Gasteiger partial charge in [0.25, 0.3) is 0 Å². The topological polar surface area (TPSA) is 71.1 Å². The van der Waals surface area contributed by atoms with Crippen LogP contribution in [0.2, 0.25) is 0 Å². The van der Waals surface area contributed by atoms with Crippen molar-refractivity contribution in [3.8, 4) is 16.9 Å². The number of nitrogen functional groups attached to an aromatic ring is 1. The lowest BCUT2D eigenvalue weighted by atomic mass is 9.99. The number of nitrogens with one attached hydrogen (secondary N) is 2. The standard InChI is InChI=1S/C22H23N3O/c1-15-10-16(14-26-21-8-6-20(25-2)7-9-21)12-19(11-15)17-4-3-5-18(13-17)22(23)24/h3-13,25H,14H2,1-2H3,(H3,23,24). The van der Waals surface area contributed by atoms with Crippen LogP contribution < -0.4 is 15.8 Å². The molecular formula is C22H23N3O. The minimum atomic E-state index is 0.0769. The van der Waals surface area contributed by atoms with Crippen molar-refractivity contribution in [3.63, 3.8) is 0 Å². The van der Waals surface area contributed by atoms with Crippen molar-refractivity contribution in [1.82, 2.24) is 0 Å². The Morgan fingerprint density at radius 1 is 1.00 bits per heavy atom. The molecule has 0 unspecified atom stereocenters. The Labute approximate surface area is 154 Å². The average Bonchev–Trinajstić information content (AvgIpc) is 2.66. The molecule has 26 heavy (non-hydrogen) atoms. The molecule has 0 bridgehead atoms. The number of benzene rings is 3. The summed E-state index contributed by atoms with van der Waals surface area (Å²) in [6.45, 7) is 2.57. The Morgan fingerprint density at radius 3 is 2.46 bits per heavy atom. The molecule has 4 N–H and O–H groups in total. The van der Waals surface area contributed by atoms with E-state index in [2.05, 4.69) is 30.4 Å². The molecule has 0 saturated carbocycles. The van der Waals surface area contributed by atoms with E-state index in [9.17, 15) is 0 Å². The molecule has 4 heteroatoms. The molecule has 0 saturated heterocycles. The lowest BCUT2D eigenvalue weighted by molar-refractivity contribution is 0.306. The Hall–Kier alpha value is -3.27. The highest BCUT2D eigenvalue weighted by Gasteiger charge is 2.05. The lowest BCUT2D eigenvalue weighted by Crippen LogP contribution is -2.10. The third kappa shape index (κ3) is 4.22. The van der Waals surface area contributed by atoms with Gasteiger partial charge in [0.15, 0.2) is 0 Å². The SMILES string of the molecule is CNc1ccc(OCc2cc(C)cc(-c3cccc(C(=N)N)c3)c2)cc1. The van der Waals surface area contributed by atoms with Crippen LogP contribution in [0.5, 0.6) is 5.75 Å². The van der Waals surface area contributed by atoms with Crippen molar-refractivity contribution in [3.05, 3.63) is 83.4 Å². The van der Waals surface area contributed by atoms with Gasteiger partial charge < -0.3 is 15.8 Å². The van der Waals surface area contributed by atoms with Gasteiger partial charge >= 0.3 is 0 Å². The molecule has 0 aliphatic heterocycles. The zero-order chi connectivity index (χ0) is 18.5. The zero-order valence-electron chi connectivity index (χ0n) is 15.0. The molecule has 3 aromatic rings. The first-order valence-corrected chi connectivity index (χ1v) is 8.51. The molecule has 132 valence electrons. The summed E-state index contributed by atoms with van der Waals surface area (Å²) in [6.07, 6.45) is 0. The maximum absolute atomic E-state index is 7.62. The highest BCUT2D eigenvalue weighted by molar-refractivity contribution is 5.96. The molecule has 0 radical (unpaired) electrons. The van der Waals surface area contributed by atoms with E-state index in [4.69, 9.17) is 15.9 Å². The Balaban J connectivity index is 1.81. The second kappa shape index (κ2) is 7.74. The highest BCUT2D eigenvalue weighted by Crippen LogP contribution is 2.24. The van der Waals surface area contributed by atoms with E-state index in [1.165, 1.54) is 5.56 Å². The molecule has 0 heterocycles. The average molecular weight is 345 g/mol. The van der Waals surface area contributed by atoms with E-state index in [0.717, 1.165) is 33.7 Å². The highest BCUT2D eigenvalue weighted by atomic mass is 16.5. The second-order valence-electron chi connectivity index (χ2n) is 6.26. The summed E-state index contributed by atoms with van der Waals surface area (Å²) in [5, 5.41) is 10.7. The number of anilines is 1. The monoisotopic (exact) mass is 345 g/mol. The Bertz CT molecular complexity index is 917. The third-order valence-corrected chi connectivity index (χ3v) is 4.19. The summed E-state index contributed by atoms with van der Waals surface area (Å²) in [5.41, 5.74) is 11.8. The fourth-order valence-electron chi connectivity index (χ4n) is 2.86. The van der Waals surface area contributed by atoms with Crippen LogP contribution in [0.3, 0.4) is 0 Å². The van der Waals surface area contributed by atoms with E-state index in [0.29, 0.717) is 6.61 Å². The maximum Gasteiger partial charge on any atom is 0.122 e. The number of hydrogen-bond acceptors (Lipinski definition) is 3. The van der Waals surface area contributed by atoms with E-state index in [1.807, 2.05) is 55.6 Å². The number of ether oxygens (including phenoxy) is 1. The first-order valence-electron chi connectivity index (χ1n) is 8.51. The molecule has 0 aliphatic rings. The van der Waals surface area contributed by atoms with Crippen LogP contribution in [0.15, 0.2) is 66.7 Å². The molecule has 3 rings (SSSR count). The van der Waals surface area contributed by atoms with Crippen molar-refractivity contribution in [2.45, 2.75) is 13.5 Å². The fourth-order valence-corrected chi connectivity index (χ4v) is 2.86. The molecule has 0 atom stereocenters. The van der Waals surface area contributed by atoms with Crippen LogP contribution in [-0.2, 0) is 6.61 Å². The smallest absolute Gasteiger partial charge is 0.122 e. The minimum absolute atomic E-state index is 0.0769. The van der Waals surface area contributed by atoms with Gasteiger partial charge in [-0.25, -0.2) is 0 Å². The normalized spacial score (nSPS) is 10.4. The number of nitrogens with two attached hydrogens (primary N) is 1. The van der Waals surface area contributed by atoms with Gasteiger partial charge in [0.1, 0.15) is 18.2 Å². The number of aryl methyl sites for hydroxylation is 1. The van der Waals surface area contributed by atoms with Gasteiger partial charge in [0, 0.05) is 18.3 Å². The summed E-state index contributed by atoms with van der Waals surface area (Å²) < 4.78 is 5.92. The van der Waals surface area contributed by atoms with E-state index >= 15 is 0 Å². The van der Waals surface area contributed by atoms with E-state index in [1.54, 1.807) is 0 Å². The van der Waals surface area contributed by atoms with Gasteiger partial charge in [0.2, 0.25) is 0 Å². The summed E-state index contributed by atoms with van der Waals surface area (Å²) in [7, 11) is 1.89. The summed E-state index contributed by atoms with van der Waals surface area (Å²) in [4.78, 5) is 0. The van der Waals surface area contributed by atoms with Crippen molar-refractivity contribution >= 4 is 11.5 Å². The molecular weight excluding hydrogens is 322 g/mol. The van der Waals surface area contributed by atoms with Crippen molar-refractivity contribution in [2.24, 2.45) is 5.73 Å². The van der Waals surface area contributed by atoms with E-state index in [-0.39, 0.29) is 5.84 Å². The Kier molecular flexibility index (Phi) is 5.23. The van der Waals surface area contributed by atoms with Crippen LogP contribution in [0.1, 0.15) is 16.7 Å². The van der Waals surface area contributed by atoms with Gasteiger partial charge in [-0.05, 0) is 60.0 Å². The third-order valence-electron chi connectivity index (χ3n) is 4.19. The van der Waals surface area contributed by atoms with Crippen LogP contribution in [0, 0.1) is 12.3 Å². The Morgan fingerprint density at radius 2 is 1.77 bits per heavy atom. The van der Waals surface area contributed by atoms with Crippen molar-refractivity contribution in [2.75, 3.05) is 12.4 Å². The molecule has 0 spiro atoms. The largest absolute Gasteiger partial charge is 0.489 e. The predicted octanol–water partition coefficient (Wildman–Crippen LogP) is 4.57. The first-order chi connectivity index (χ1) is 12.5. The summed E-state index contributed by atoms with van der Waals surface area (Å²) >= 11 is 0. The molecule has 0 amide bonds. The number of rotatable bonds is 6. The fraction of sp³-hybridized carbons (Fsp3) is 0.136. The van der Waals surface area contributed by atoms with Gasteiger partial charge in [0.05, 0.1) is 0 Å². The van der Waals surface area contributed by atoms with Crippen molar-refractivity contribution < 1.29 is 4.74 Å². The minimum Gasteiger partial charge on any atom is -0.489 e. The van der Waals surface area contributed by atoms with Crippen molar-refractivity contribution in [1.29, 1.82) is 5.41 Å². The molecule has 3 aromatic carbocycles. The van der Waals surface area contributed by atoms with Crippen LogP contribution >= 0.6 is 0 Å².